The minimum atomic E-state index is -0.141. The summed E-state index contributed by atoms with van der Waals surface area (Å²) in [6.45, 7) is 8.54. The van der Waals surface area contributed by atoms with E-state index in [1.807, 2.05) is 31.2 Å². The Morgan fingerprint density at radius 3 is 2.73 bits per heavy atom. The average molecular weight is 347 g/mol. The number of aliphatic hydroxyl groups is 1. The van der Waals surface area contributed by atoms with E-state index in [-0.39, 0.29) is 18.2 Å². The van der Waals surface area contributed by atoms with Gasteiger partial charge in [0.2, 0.25) is 0 Å². The number of benzene rings is 2. The number of hydrogen-bond donors (Lipinski definition) is 2. The van der Waals surface area contributed by atoms with Gasteiger partial charge in [0.1, 0.15) is 11.9 Å². The molecule has 4 rings (SSSR count). The van der Waals surface area contributed by atoms with Crippen LogP contribution in [0.15, 0.2) is 48.6 Å². The molecule has 0 saturated carbocycles. The van der Waals surface area contributed by atoms with Crippen LogP contribution < -0.4 is 10.1 Å². The fourth-order valence-corrected chi connectivity index (χ4v) is 4.28. The zero-order valence-corrected chi connectivity index (χ0v) is 15.8. The third-order valence-corrected chi connectivity index (χ3v) is 5.13. The second-order valence-electron chi connectivity index (χ2n) is 7.64. The minimum absolute atomic E-state index is 0.00254. The van der Waals surface area contributed by atoms with Gasteiger partial charge in [0, 0.05) is 22.4 Å². The van der Waals surface area contributed by atoms with Gasteiger partial charge in [-0.2, -0.15) is 0 Å². The van der Waals surface area contributed by atoms with Crippen LogP contribution in [0.5, 0.6) is 5.75 Å². The molecule has 2 aromatic rings. The molecule has 3 nitrogen and oxygen atoms in total. The van der Waals surface area contributed by atoms with Gasteiger partial charge in [0.15, 0.2) is 0 Å². The highest BCUT2D eigenvalue weighted by Gasteiger charge is 2.33. The van der Waals surface area contributed by atoms with Crippen LogP contribution in [0.4, 0.5) is 5.69 Å². The van der Waals surface area contributed by atoms with Crippen LogP contribution in [-0.2, 0) is 6.61 Å². The predicted molar refractivity (Wildman–Crippen MR) is 107 cm³/mol. The Hall–Kier alpha value is -2.52. The van der Waals surface area contributed by atoms with Crippen LogP contribution in [0.2, 0.25) is 0 Å². The lowest BCUT2D eigenvalue weighted by Gasteiger charge is -2.37. The first-order valence-corrected chi connectivity index (χ1v) is 9.12. The first-order chi connectivity index (χ1) is 12.4. The maximum absolute atomic E-state index is 9.85. The molecule has 0 radical (unpaired) electrons. The van der Waals surface area contributed by atoms with Gasteiger partial charge in [-0.25, -0.2) is 0 Å². The maximum atomic E-state index is 9.85. The Morgan fingerprint density at radius 2 is 2.00 bits per heavy atom. The Balaban J connectivity index is 2.04. The summed E-state index contributed by atoms with van der Waals surface area (Å²) < 4.78 is 6.35. The predicted octanol–water partition coefficient (Wildman–Crippen LogP) is 5.46. The van der Waals surface area contributed by atoms with Crippen molar-refractivity contribution in [3.05, 3.63) is 65.3 Å². The first kappa shape index (κ1) is 16.9. The lowest BCUT2D eigenvalue weighted by atomic mass is 9.81. The summed E-state index contributed by atoms with van der Waals surface area (Å²) in [5.74, 6) is 0.831. The van der Waals surface area contributed by atoms with Crippen LogP contribution in [0.1, 0.15) is 50.5 Å². The molecule has 3 heteroatoms. The molecule has 2 N–H and O–H groups in total. The molecular weight excluding hydrogens is 322 g/mol. The highest BCUT2D eigenvalue weighted by atomic mass is 16.5. The Bertz CT molecular complexity index is 937. The lowest BCUT2D eigenvalue weighted by molar-refractivity contribution is 0.248. The maximum Gasteiger partial charge on any atom is 0.143 e. The summed E-state index contributed by atoms with van der Waals surface area (Å²) in [6.07, 6.45) is 6.27. The zero-order chi connectivity index (χ0) is 18.5. The van der Waals surface area contributed by atoms with Gasteiger partial charge >= 0.3 is 0 Å². The molecule has 0 saturated heterocycles. The standard InChI is InChI=1S/C23H25NO2/c1-5-7-18-22-16(21-15(13-25)8-6-9-19(21)26-18)10-11-17-20(22)14(2)12-23(3,4)24-17/h5-12,18,24-25H,13H2,1-4H3. The summed E-state index contributed by atoms with van der Waals surface area (Å²) in [5, 5.41) is 13.5. The minimum Gasteiger partial charge on any atom is -0.481 e. The van der Waals surface area contributed by atoms with Crippen molar-refractivity contribution in [2.24, 2.45) is 0 Å². The van der Waals surface area contributed by atoms with Crippen molar-refractivity contribution in [2.75, 3.05) is 5.32 Å². The van der Waals surface area contributed by atoms with Gasteiger partial charge < -0.3 is 15.2 Å². The summed E-state index contributed by atoms with van der Waals surface area (Å²) in [7, 11) is 0. The zero-order valence-electron chi connectivity index (χ0n) is 15.8. The summed E-state index contributed by atoms with van der Waals surface area (Å²) in [6, 6.07) is 10.2. The molecule has 1 atom stereocenters. The van der Waals surface area contributed by atoms with Crippen molar-refractivity contribution in [3.8, 4) is 16.9 Å². The number of ether oxygens (including phenoxy) is 1. The second-order valence-corrected chi connectivity index (χ2v) is 7.64. The number of allylic oxidation sites excluding steroid dienone is 2. The molecule has 0 bridgehead atoms. The molecule has 2 aliphatic heterocycles. The molecule has 134 valence electrons. The molecule has 26 heavy (non-hydrogen) atoms. The van der Waals surface area contributed by atoms with Crippen molar-refractivity contribution in [2.45, 2.75) is 45.9 Å². The van der Waals surface area contributed by atoms with E-state index in [2.05, 4.69) is 50.4 Å². The third kappa shape index (κ3) is 2.55. The van der Waals surface area contributed by atoms with Crippen molar-refractivity contribution in [1.82, 2.24) is 0 Å². The smallest absolute Gasteiger partial charge is 0.143 e. The quantitative estimate of drug-likeness (QED) is 0.709. The molecule has 1 unspecified atom stereocenters. The number of rotatable bonds is 2. The average Bonchev–Trinajstić information content (AvgIpc) is 2.59. The molecule has 0 aliphatic carbocycles. The van der Waals surface area contributed by atoms with Crippen LogP contribution in [0, 0.1) is 0 Å². The summed E-state index contributed by atoms with van der Waals surface area (Å²) >= 11 is 0. The molecule has 0 aromatic heterocycles. The molecular formula is C23H25NO2. The van der Waals surface area contributed by atoms with Crippen LogP contribution in [0.3, 0.4) is 0 Å². The molecule has 2 aromatic carbocycles. The summed E-state index contributed by atoms with van der Waals surface area (Å²) in [4.78, 5) is 0. The molecule has 2 aliphatic rings. The Morgan fingerprint density at radius 1 is 1.19 bits per heavy atom. The highest BCUT2D eigenvalue weighted by Crippen LogP contribution is 2.50. The van der Waals surface area contributed by atoms with Crippen molar-refractivity contribution in [3.63, 3.8) is 0 Å². The number of anilines is 1. The number of nitrogens with one attached hydrogen (secondary N) is 1. The van der Waals surface area contributed by atoms with Gasteiger partial charge in [-0.1, -0.05) is 30.4 Å². The van der Waals surface area contributed by atoms with E-state index in [0.717, 1.165) is 28.1 Å². The fraction of sp³-hybridized carbons (Fsp3) is 0.304. The van der Waals surface area contributed by atoms with E-state index >= 15 is 0 Å². The molecule has 0 amide bonds. The number of hydrogen-bond acceptors (Lipinski definition) is 3. The normalized spacial score (nSPS) is 19.7. The van der Waals surface area contributed by atoms with Gasteiger partial charge in [-0.15, -0.1) is 0 Å². The van der Waals surface area contributed by atoms with E-state index in [4.69, 9.17) is 4.74 Å². The SMILES string of the molecule is CC=CC1Oc2cccc(CO)c2-c2ccc3c(c21)C(C)=CC(C)(C)N3. The van der Waals surface area contributed by atoms with Gasteiger partial charge in [0.05, 0.1) is 12.1 Å². The molecule has 2 heterocycles. The van der Waals surface area contributed by atoms with E-state index in [0.29, 0.717) is 0 Å². The third-order valence-electron chi connectivity index (χ3n) is 5.13. The van der Waals surface area contributed by atoms with E-state index < -0.39 is 0 Å². The van der Waals surface area contributed by atoms with Gasteiger partial charge in [0.25, 0.3) is 0 Å². The number of fused-ring (bicyclic) bond motifs is 5. The summed E-state index contributed by atoms with van der Waals surface area (Å²) in [5.41, 5.74) is 7.74. The largest absolute Gasteiger partial charge is 0.481 e. The number of aliphatic hydroxyl groups excluding tert-OH is 1. The lowest BCUT2D eigenvalue weighted by Crippen LogP contribution is -2.32. The second kappa shape index (κ2) is 6.03. The van der Waals surface area contributed by atoms with Crippen molar-refractivity contribution in [1.29, 1.82) is 0 Å². The van der Waals surface area contributed by atoms with Crippen LogP contribution in [-0.4, -0.2) is 10.6 Å². The Kier molecular flexibility index (Phi) is 3.92. The topological polar surface area (TPSA) is 41.5 Å². The van der Waals surface area contributed by atoms with Crippen LogP contribution in [0.25, 0.3) is 16.7 Å². The molecule has 0 spiro atoms. The van der Waals surface area contributed by atoms with E-state index in [1.54, 1.807) is 0 Å². The highest BCUT2D eigenvalue weighted by molar-refractivity contribution is 5.90. The fourth-order valence-electron chi connectivity index (χ4n) is 4.28. The van der Waals surface area contributed by atoms with Crippen molar-refractivity contribution >= 4 is 11.3 Å². The monoisotopic (exact) mass is 347 g/mol. The van der Waals surface area contributed by atoms with Crippen molar-refractivity contribution < 1.29 is 9.84 Å². The van der Waals surface area contributed by atoms with E-state index in [9.17, 15) is 5.11 Å². The van der Waals surface area contributed by atoms with E-state index in [1.165, 1.54) is 16.7 Å². The van der Waals surface area contributed by atoms with Gasteiger partial charge in [-0.05, 0) is 62.6 Å². The first-order valence-electron chi connectivity index (χ1n) is 9.12. The van der Waals surface area contributed by atoms with Gasteiger partial charge in [-0.3, -0.25) is 0 Å². The Labute approximate surface area is 155 Å². The molecule has 0 fully saturated rings. The van der Waals surface area contributed by atoms with Crippen LogP contribution >= 0.6 is 0 Å².